The van der Waals surface area contributed by atoms with Crippen molar-refractivity contribution in [2.24, 2.45) is 0 Å². The highest BCUT2D eigenvalue weighted by atomic mass is 16.6. The van der Waals surface area contributed by atoms with Crippen molar-refractivity contribution in [1.29, 1.82) is 0 Å². The average Bonchev–Trinajstić information content (AvgIpc) is 3.12. The SMILES string of the molecule is CCCCCCCCCCCC/C=C/CCCCCO[C@H]1CO[C@@H]([C@H](O)CO)[C@H]1O. The Kier molecular flexibility index (Phi) is 17.7. The van der Waals surface area contributed by atoms with Crippen LogP contribution in [0.15, 0.2) is 12.2 Å². The molecule has 1 rings (SSSR count). The van der Waals surface area contributed by atoms with Crippen molar-refractivity contribution in [2.45, 2.75) is 128 Å². The Morgan fingerprint density at radius 2 is 1.40 bits per heavy atom. The number of hydrogen-bond donors (Lipinski definition) is 3. The highest BCUT2D eigenvalue weighted by Crippen LogP contribution is 2.20. The van der Waals surface area contributed by atoms with E-state index in [1.54, 1.807) is 0 Å². The first kappa shape index (κ1) is 27.6. The maximum absolute atomic E-state index is 10.1. The summed E-state index contributed by atoms with van der Waals surface area (Å²) in [5.74, 6) is 0. The summed E-state index contributed by atoms with van der Waals surface area (Å²) in [6.07, 6.45) is 21.0. The topological polar surface area (TPSA) is 79.2 Å². The third-order valence-corrected chi connectivity index (χ3v) is 5.97. The molecule has 4 atom stereocenters. The van der Waals surface area contributed by atoms with Crippen LogP contribution in [0.2, 0.25) is 0 Å². The first-order valence-electron chi connectivity index (χ1n) is 12.6. The van der Waals surface area contributed by atoms with Gasteiger partial charge in [0, 0.05) is 6.61 Å². The van der Waals surface area contributed by atoms with Crippen LogP contribution in [-0.2, 0) is 9.47 Å². The van der Waals surface area contributed by atoms with Gasteiger partial charge in [-0.2, -0.15) is 0 Å². The van der Waals surface area contributed by atoms with Crippen LogP contribution in [0.5, 0.6) is 0 Å². The van der Waals surface area contributed by atoms with Crippen LogP contribution in [0, 0.1) is 0 Å². The van der Waals surface area contributed by atoms with Crippen LogP contribution in [0.25, 0.3) is 0 Å². The van der Waals surface area contributed by atoms with Gasteiger partial charge in [-0.25, -0.2) is 0 Å². The van der Waals surface area contributed by atoms with E-state index in [0.29, 0.717) is 6.61 Å². The van der Waals surface area contributed by atoms with E-state index >= 15 is 0 Å². The molecule has 5 heteroatoms. The first-order chi connectivity index (χ1) is 14.7. The zero-order chi connectivity index (χ0) is 21.9. The minimum atomic E-state index is -1.05. The number of ether oxygens (including phenoxy) is 2. The normalized spacial score (nSPS) is 22.9. The van der Waals surface area contributed by atoms with Crippen molar-refractivity contribution >= 4 is 0 Å². The van der Waals surface area contributed by atoms with Crippen molar-refractivity contribution in [1.82, 2.24) is 0 Å². The predicted molar refractivity (Wildman–Crippen MR) is 123 cm³/mol. The lowest BCUT2D eigenvalue weighted by atomic mass is 10.1. The molecule has 1 heterocycles. The van der Waals surface area contributed by atoms with E-state index in [0.717, 1.165) is 25.7 Å². The van der Waals surface area contributed by atoms with Crippen molar-refractivity contribution in [3.8, 4) is 0 Å². The second kappa shape index (κ2) is 19.2. The average molecular weight is 429 g/mol. The van der Waals surface area contributed by atoms with E-state index in [-0.39, 0.29) is 6.61 Å². The molecular weight excluding hydrogens is 380 g/mol. The summed E-state index contributed by atoms with van der Waals surface area (Å²) in [6.45, 7) is 2.72. The van der Waals surface area contributed by atoms with Gasteiger partial charge in [0.2, 0.25) is 0 Å². The second-order valence-electron chi connectivity index (χ2n) is 8.74. The van der Waals surface area contributed by atoms with E-state index < -0.39 is 31.0 Å². The first-order valence-corrected chi connectivity index (χ1v) is 12.6. The van der Waals surface area contributed by atoms with Crippen molar-refractivity contribution in [2.75, 3.05) is 19.8 Å². The van der Waals surface area contributed by atoms with Crippen LogP contribution in [0.4, 0.5) is 0 Å². The van der Waals surface area contributed by atoms with Gasteiger partial charge in [-0.3, -0.25) is 0 Å². The highest BCUT2D eigenvalue weighted by Gasteiger charge is 2.40. The third-order valence-electron chi connectivity index (χ3n) is 5.97. The Hall–Kier alpha value is -0.460. The minimum Gasteiger partial charge on any atom is -0.394 e. The number of allylic oxidation sites excluding steroid dienone is 2. The van der Waals surface area contributed by atoms with Crippen LogP contribution >= 0.6 is 0 Å². The maximum Gasteiger partial charge on any atom is 0.114 e. The molecule has 0 aromatic heterocycles. The fraction of sp³-hybridized carbons (Fsp3) is 0.920. The van der Waals surface area contributed by atoms with Gasteiger partial charge in [0.25, 0.3) is 0 Å². The molecule has 3 N–H and O–H groups in total. The van der Waals surface area contributed by atoms with E-state index in [4.69, 9.17) is 14.6 Å². The van der Waals surface area contributed by atoms with Gasteiger partial charge in [-0.05, 0) is 32.1 Å². The van der Waals surface area contributed by atoms with E-state index in [9.17, 15) is 10.2 Å². The van der Waals surface area contributed by atoms with E-state index in [1.165, 1.54) is 70.6 Å². The number of unbranched alkanes of at least 4 members (excludes halogenated alkanes) is 13. The molecule has 0 bridgehead atoms. The molecule has 0 aliphatic carbocycles. The van der Waals surface area contributed by atoms with Gasteiger partial charge in [-0.15, -0.1) is 0 Å². The van der Waals surface area contributed by atoms with Gasteiger partial charge >= 0.3 is 0 Å². The third kappa shape index (κ3) is 13.1. The summed E-state index contributed by atoms with van der Waals surface area (Å²) >= 11 is 0. The summed E-state index contributed by atoms with van der Waals surface area (Å²) in [5, 5.41) is 28.6. The molecule has 1 aliphatic rings. The lowest BCUT2D eigenvalue weighted by Crippen LogP contribution is -2.41. The zero-order valence-electron chi connectivity index (χ0n) is 19.4. The highest BCUT2D eigenvalue weighted by molar-refractivity contribution is 4.88. The lowest BCUT2D eigenvalue weighted by Gasteiger charge is -2.20. The Morgan fingerprint density at radius 3 is 1.97 bits per heavy atom. The summed E-state index contributed by atoms with van der Waals surface area (Å²) in [6, 6.07) is 0. The monoisotopic (exact) mass is 428 g/mol. The van der Waals surface area contributed by atoms with Crippen LogP contribution < -0.4 is 0 Å². The summed E-state index contributed by atoms with van der Waals surface area (Å²) in [4.78, 5) is 0. The number of rotatable bonds is 20. The summed E-state index contributed by atoms with van der Waals surface area (Å²) < 4.78 is 11.0. The van der Waals surface area contributed by atoms with E-state index in [2.05, 4.69) is 19.1 Å². The van der Waals surface area contributed by atoms with E-state index in [1.807, 2.05) is 0 Å². The molecule has 1 fully saturated rings. The molecule has 5 nitrogen and oxygen atoms in total. The fourth-order valence-corrected chi connectivity index (χ4v) is 3.97. The molecule has 0 spiro atoms. The summed E-state index contributed by atoms with van der Waals surface area (Å²) in [5.41, 5.74) is 0. The quantitative estimate of drug-likeness (QED) is 0.190. The van der Waals surface area contributed by atoms with Gasteiger partial charge in [0.15, 0.2) is 0 Å². The van der Waals surface area contributed by atoms with Crippen LogP contribution in [0.3, 0.4) is 0 Å². The molecular formula is C25H48O5. The molecule has 0 unspecified atom stereocenters. The Morgan fingerprint density at radius 1 is 0.867 bits per heavy atom. The van der Waals surface area contributed by atoms with Gasteiger partial charge in [0.05, 0.1) is 13.2 Å². The van der Waals surface area contributed by atoms with Crippen molar-refractivity contribution in [3.63, 3.8) is 0 Å². The molecule has 178 valence electrons. The molecule has 0 aromatic rings. The molecule has 0 amide bonds. The minimum absolute atomic E-state index is 0.268. The van der Waals surface area contributed by atoms with Crippen molar-refractivity contribution < 1.29 is 24.8 Å². The van der Waals surface area contributed by atoms with Crippen LogP contribution in [-0.4, -0.2) is 59.6 Å². The fourth-order valence-electron chi connectivity index (χ4n) is 3.97. The maximum atomic E-state index is 10.1. The van der Waals surface area contributed by atoms with Crippen LogP contribution in [0.1, 0.15) is 103 Å². The largest absolute Gasteiger partial charge is 0.394 e. The molecule has 1 saturated heterocycles. The smallest absolute Gasteiger partial charge is 0.114 e. The standard InChI is InChI=1S/C25H48O5/c1-2-3-4-5-6-7-8-9-10-11-12-13-14-15-16-17-18-19-29-23-21-30-25(24(23)28)22(27)20-26/h13-14,22-28H,2-12,15-21H2,1H3/b14-13+/t22-,23+,24+,25+/m1/s1. The molecule has 0 aromatic carbocycles. The number of aliphatic hydroxyl groups is 3. The zero-order valence-corrected chi connectivity index (χ0v) is 19.4. The second-order valence-corrected chi connectivity index (χ2v) is 8.74. The van der Waals surface area contributed by atoms with Gasteiger partial charge in [-0.1, -0.05) is 83.3 Å². The number of hydrogen-bond acceptors (Lipinski definition) is 5. The predicted octanol–water partition coefficient (Wildman–Crippen LogP) is 4.91. The molecule has 30 heavy (non-hydrogen) atoms. The molecule has 0 radical (unpaired) electrons. The molecule has 0 saturated carbocycles. The summed E-state index contributed by atoms with van der Waals surface area (Å²) in [7, 11) is 0. The van der Waals surface area contributed by atoms with Crippen molar-refractivity contribution in [3.05, 3.63) is 12.2 Å². The number of aliphatic hydroxyl groups excluding tert-OH is 3. The van der Waals surface area contributed by atoms with Gasteiger partial charge in [0.1, 0.15) is 24.4 Å². The Balaban J connectivity index is 1.82. The Labute approximate surface area is 184 Å². The molecule has 1 aliphatic heterocycles. The Bertz CT molecular complexity index is 401. The van der Waals surface area contributed by atoms with Gasteiger partial charge < -0.3 is 24.8 Å². The lowest BCUT2D eigenvalue weighted by molar-refractivity contribution is -0.0730.